The van der Waals surface area contributed by atoms with Crippen molar-refractivity contribution in [2.75, 3.05) is 0 Å². The predicted octanol–water partition coefficient (Wildman–Crippen LogP) is 2.49. The van der Waals surface area contributed by atoms with Crippen molar-refractivity contribution in [3.05, 3.63) is 18.7 Å². The molecule has 1 aromatic rings. The SMILES string of the molecule is CCCn1cc[n+](COC2CCCCC2)c1. The second-order valence-electron chi connectivity index (χ2n) is 4.72. The molecule has 0 radical (unpaired) electrons. The molecule has 0 aromatic carbocycles. The van der Waals surface area contributed by atoms with Gasteiger partial charge in [0, 0.05) is 0 Å². The quantitative estimate of drug-likeness (QED) is 0.701. The van der Waals surface area contributed by atoms with E-state index in [-0.39, 0.29) is 0 Å². The maximum atomic E-state index is 5.91. The van der Waals surface area contributed by atoms with Crippen molar-refractivity contribution >= 4 is 0 Å². The van der Waals surface area contributed by atoms with E-state index in [1.54, 1.807) is 0 Å². The molecule has 0 saturated heterocycles. The molecule has 1 heterocycles. The van der Waals surface area contributed by atoms with Crippen molar-refractivity contribution in [2.24, 2.45) is 0 Å². The molecule has 1 aliphatic rings. The highest BCUT2D eigenvalue weighted by molar-refractivity contribution is 4.66. The van der Waals surface area contributed by atoms with Crippen molar-refractivity contribution in [3.8, 4) is 0 Å². The molecule has 3 nitrogen and oxygen atoms in total. The van der Waals surface area contributed by atoms with Gasteiger partial charge in [-0.1, -0.05) is 26.2 Å². The van der Waals surface area contributed by atoms with E-state index in [4.69, 9.17) is 4.74 Å². The average molecular weight is 223 g/mol. The first-order chi connectivity index (χ1) is 7.88. The number of aromatic nitrogens is 2. The number of nitrogens with zero attached hydrogens (tertiary/aromatic N) is 2. The van der Waals surface area contributed by atoms with Crippen LogP contribution in [-0.4, -0.2) is 10.7 Å². The van der Waals surface area contributed by atoms with Crippen molar-refractivity contribution in [1.29, 1.82) is 0 Å². The Labute approximate surface area is 98.0 Å². The van der Waals surface area contributed by atoms with Gasteiger partial charge in [0.15, 0.2) is 6.73 Å². The van der Waals surface area contributed by atoms with Crippen LogP contribution in [0.25, 0.3) is 0 Å². The van der Waals surface area contributed by atoms with Gasteiger partial charge in [-0.3, -0.25) is 0 Å². The van der Waals surface area contributed by atoms with E-state index in [1.165, 1.54) is 38.5 Å². The van der Waals surface area contributed by atoms with Crippen LogP contribution in [0, 0.1) is 0 Å². The van der Waals surface area contributed by atoms with Gasteiger partial charge in [-0.2, -0.15) is 0 Å². The fourth-order valence-corrected chi connectivity index (χ4v) is 2.33. The van der Waals surface area contributed by atoms with Crippen molar-refractivity contribution in [1.82, 2.24) is 4.57 Å². The highest BCUT2D eigenvalue weighted by atomic mass is 16.5. The fourth-order valence-electron chi connectivity index (χ4n) is 2.33. The molecule has 1 aromatic heterocycles. The topological polar surface area (TPSA) is 18.0 Å². The van der Waals surface area contributed by atoms with Crippen molar-refractivity contribution in [3.63, 3.8) is 0 Å². The summed E-state index contributed by atoms with van der Waals surface area (Å²) in [4.78, 5) is 0. The van der Waals surface area contributed by atoms with E-state index >= 15 is 0 Å². The van der Waals surface area contributed by atoms with Gasteiger partial charge in [-0.25, -0.2) is 9.13 Å². The first-order valence-corrected chi connectivity index (χ1v) is 6.55. The lowest BCUT2D eigenvalue weighted by Gasteiger charge is -2.20. The lowest BCUT2D eigenvalue weighted by Crippen LogP contribution is -2.35. The molecule has 0 spiro atoms. The average Bonchev–Trinajstić information content (AvgIpc) is 2.76. The van der Waals surface area contributed by atoms with E-state index in [0.29, 0.717) is 12.8 Å². The van der Waals surface area contributed by atoms with Crippen LogP contribution < -0.4 is 4.57 Å². The fraction of sp³-hybridized carbons (Fsp3) is 0.769. The normalized spacial score (nSPS) is 17.8. The van der Waals surface area contributed by atoms with Gasteiger partial charge < -0.3 is 4.74 Å². The van der Waals surface area contributed by atoms with E-state index in [1.807, 2.05) is 0 Å². The highest BCUT2D eigenvalue weighted by Gasteiger charge is 2.14. The number of imidazole rings is 1. The zero-order valence-corrected chi connectivity index (χ0v) is 10.3. The first kappa shape index (κ1) is 11.6. The molecule has 1 fully saturated rings. The Balaban J connectivity index is 1.75. The summed E-state index contributed by atoms with van der Waals surface area (Å²) in [5, 5.41) is 0. The number of rotatable bonds is 5. The summed E-state index contributed by atoms with van der Waals surface area (Å²) in [7, 11) is 0. The summed E-state index contributed by atoms with van der Waals surface area (Å²) in [5.74, 6) is 0. The van der Waals surface area contributed by atoms with Crippen LogP contribution >= 0.6 is 0 Å². The zero-order valence-electron chi connectivity index (χ0n) is 10.3. The Kier molecular flexibility index (Phi) is 4.40. The summed E-state index contributed by atoms with van der Waals surface area (Å²) in [5.41, 5.74) is 0. The largest absolute Gasteiger partial charge is 0.338 e. The molecule has 0 amide bonds. The summed E-state index contributed by atoms with van der Waals surface area (Å²) in [6, 6.07) is 0. The molecule has 0 atom stereocenters. The summed E-state index contributed by atoms with van der Waals surface area (Å²) in [6.07, 6.45) is 14.6. The number of hydrogen-bond acceptors (Lipinski definition) is 1. The van der Waals surface area contributed by atoms with E-state index in [2.05, 4.69) is 34.8 Å². The lowest BCUT2D eigenvalue weighted by molar-refractivity contribution is -0.734. The van der Waals surface area contributed by atoms with Crippen LogP contribution in [0.2, 0.25) is 0 Å². The van der Waals surface area contributed by atoms with Gasteiger partial charge >= 0.3 is 0 Å². The smallest absolute Gasteiger partial charge is 0.245 e. The van der Waals surface area contributed by atoms with Crippen LogP contribution in [0.3, 0.4) is 0 Å². The van der Waals surface area contributed by atoms with Gasteiger partial charge in [0.05, 0.1) is 12.6 Å². The summed E-state index contributed by atoms with van der Waals surface area (Å²) in [6.45, 7) is 4.00. The predicted molar refractivity (Wildman–Crippen MR) is 62.9 cm³/mol. The second kappa shape index (κ2) is 6.04. The van der Waals surface area contributed by atoms with Crippen LogP contribution in [0.5, 0.6) is 0 Å². The number of aryl methyl sites for hydroxylation is 1. The molecule has 1 aliphatic carbocycles. The van der Waals surface area contributed by atoms with E-state index in [0.717, 1.165) is 6.54 Å². The Bertz CT molecular complexity index is 303. The Morgan fingerprint density at radius 3 is 2.88 bits per heavy atom. The number of hydrogen-bond donors (Lipinski definition) is 0. The van der Waals surface area contributed by atoms with E-state index in [9.17, 15) is 0 Å². The minimum Gasteiger partial charge on any atom is -0.338 e. The minimum absolute atomic E-state index is 0.496. The maximum absolute atomic E-state index is 5.91. The van der Waals surface area contributed by atoms with Crippen LogP contribution in [0.1, 0.15) is 45.4 Å². The monoisotopic (exact) mass is 223 g/mol. The molecule has 0 aliphatic heterocycles. The molecule has 90 valence electrons. The molecular formula is C13H23N2O+. The molecule has 3 heteroatoms. The third kappa shape index (κ3) is 3.34. The van der Waals surface area contributed by atoms with Crippen LogP contribution in [0.15, 0.2) is 18.7 Å². The van der Waals surface area contributed by atoms with Gasteiger partial charge in [-0.05, 0) is 19.3 Å². The molecule has 0 N–H and O–H groups in total. The van der Waals surface area contributed by atoms with Crippen LogP contribution in [-0.2, 0) is 18.0 Å². The standard InChI is InChI=1S/C13H23N2O/c1-2-8-14-9-10-15(11-14)12-16-13-6-4-3-5-7-13/h9-11,13H,2-8,12H2,1H3/q+1. The Morgan fingerprint density at radius 2 is 2.12 bits per heavy atom. The van der Waals surface area contributed by atoms with Crippen LogP contribution in [0.4, 0.5) is 0 Å². The first-order valence-electron chi connectivity index (χ1n) is 6.55. The minimum atomic E-state index is 0.496. The Hall–Kier alpha value is -0.830. The Morgan fingerprint density at radius 1 is 1.31 bits per heavy atom. The van der Waals surface area contributed by atoms with Gasteiger partial charge in [-0.15, -0.1) is 0 Å². The molecule has 1 saturated carbocycles. The highest BCUT2D eigenvalue weighted by Crippen LogP contribution is 2.19. The third-order valence-electron chi connectivity index (χ3n) is 3.24. The summed E-state index contributed by atoms with van der Waals surface area (Å²) < 4.78 is 10.3. The molecule has 2 rings (SSSR count). The van der Waals surface area contributed by atoms with E-state index < -0.39 is 0 Å². The lowest BCUT2D eigenvalue weighted by atomic mass is 9.98. The molecule has 0 bridgehead atoms. The second-order valence-corrected chi connectivity index (χ2v) is 4.72. The number of ether oxygens (including phenoxy) is 1. The van der Waals surface area contributed by atoms with Gasteiger partial charge in [0.2, 0.25) is 6.33 Å². The van der Waals surface area contributed by atoms with Crippen molar-refractivity contribution < 1.29 is 9.30 Å². The zero-order chi connectivity index (χ0) is 11.2. The van der Waals surface area contributed by atoms with Gasteiger partial charge in [0.25, 0.3) is 0 Å². The van der Waals surface area contributed by atoms with Crippen molar-refractivity contribution in [2.45, 2.75) is 64.8 Å². The van der Waals surface area contributed by atoms with Gasteiger partial charge in [0.1, 0.15) is 12.4 Å². The molecular weight excluding hydrogens is 200 g/mol. The summed E-state index contributed by atoms with van der Waals surface area (Å²) >= 11 is 0. The molecule has 16 heavy (non-hydrogen) atoms. The molecule has 0 unspecified atom stereocenters. The maximum Gasteiger partial charge on any atom is 0.245 e. The third-order valence-corrected chi connectivity index (χ3v) is 3.24.